The lowest BCUT2D eigenvalue weighted by Gasteiger charge is -2.13. The summed E-state index contributed by atoms with van der Waals surface area (Å²) in [5.41, 5.74) is 0. The molecule has 0 rings (SSSR count). The number of rotatable bonds is 5. The maximum Gasteiger partial charge on any atom is 0.372 e. The highest BCUT2D eigenvalue weighted by Gasteiger charge is 2.25. The number of hydrogen-bond donors (Lipinski definition) is 3. The largest absolute Gasteiger partial charge is 0.390 e. The second-order valence-electron chi connectivity index (χ2n) is 2.56. The van der Waals surface area contributed by atoms with Crippen molar-refractivity contribution in [2.75, 3.05) is 0 Å². The summed E-state index contributed by atoms with van der Waals surface area (Å²) in [4.78, 5) is 13.7. The average Bonchev–Trinajstić information content (AvgIpc) is 2.11. The van der Waals surface area contributed by atoms with Crippen LogP contribution >= 0.6 is 0 Å². The van der Waals surface area contributed by atoms with E-state index in [0.29, 0.717) is 12.8 Å². The van der Waals surface area contributed by atoms with Crippen molar-refractivity contribution in [3.8, 4) is 0 Å². The third-order valence-electron chi connectivity index (χ3n) is 1.55. The van der Waals surface area contributed by atoms with E-state index in [0.717, 1.165) is 6.42 Å². The lowest BCUT2D eigenvalue weighted by molar-refractivity contribution is -0.246. The monoisotopic (exact) mass is 178 g/mol. The van der Waals surface area contributed by atoms with Gasteiger partial charge < -0.3 is 10.2 Å². The van der Waals surface area contributed by atoms with Crippen molar-refractivity contribution in [1.29, 1.82) is 0 Å². The van der Waals surface area contributed by atoms with Gasteiger partial charge >= 0.3 is 5.97 Å². The first kappa shape index (κ1) is 11.4. The smallest absolute Gasteiger partial charge is 0.372 e. The van der Waals surface area contributed by atoms with E-state index in [1.165, 1.54) is 0 Å². The maximum absolute atomic E-state index is 10.4. The Bertz CT molecular complexity index is 136. The predicted octanol–water partition coefficient (Wildman–Crippen LogP) is -0.0854. The maximum atomic E-state index is 10.4. The molecule has 0 heterocycles. The summed E-state index contributed by atoms with van der Waals surface area (Å²) in [5.74, 6) is -1.22. The highest BCUT2D eigenvalue weighted by Crippen LogP contribution is 2.05. The number of aliphatic hydroxyl groups is 2. The molecule has 2 atom stereocenters. The van der Waals surface area contributed by atoms with Gasteiger partial charge in [0.15, 0.2) is 6.10 Å². The van der Waals surface area contributed by atoms with Gasteiger partial charge in [-0.1, -0.05) is 19.8 Å². The zero-order valence-electron chi connectivity index (χ0n) is 6.93. The van der Waals surface area contributed by atoms with Crippen molar-refractivity contribution >= 4 is 5.97 Å². The standard InChI is InChI=1S/C7H14O5/c1-2-3-4-5(8)6(9)7(10)12-11/h5-6,8-9,11H,2-4H2,1H3. The summed E-state index contributed by atoms with van der Waals surface area (Å²) in [6.45, 7) is 1.92. The van der Waals surface area contributed by atoms with Gasteiger partial charge in [-0.2, -0.15) is 5.26 Å². The molecular weight excluding hydrogens is 164 g/mol. The highest BCUT2D eigenvalue weighted by molar-refractivity contribution is 5.74. The molecule has 2 unspecified atom stereocenters. The molecule has 0 aliphatic carbocycles. The van der Waals surface area contributed by atoms with E-state index in [4.69, 9.17) is 15.5 Å². The molecule has 0 aromatic heterocycles. The minimum Gasteiger partial charge on any atom is -0.390 e. The fraction of sp³-hybridized carbons (Fsp3) is 0.857. The van der Waals surface area contributed by atoms with Gasteiger partial charge in [0, 0.05) is 0 Å². The van der Waals surface area contributed by atoms with Crippen LogP contribution in [0.2, 0.25) is 0 Å². The molecule has 3 N–H and O–H groups in total. The Balaban J connectivity index is 3.75. The number of carbonyl (C=O) groups excluding carboxylic acids is 1. The van der Waals surface area contributed by atoms with Gasteiger partial charge in [-0.25, -0.2) is 4.79 Å². The molecule has 0 amide bonds. The third-order valence-corrected chi connectivity index (χ3v) is 1.55. The normalized spacial score (nSPS) is 15.3. The van der Waals surface area contributed by atoms with Crippen molar-refractivity contribution in [2.45, 2.75) is 38.4 Å². The number of unbranched alkanes of at least 4 members (excludes halogenated alkanes) is 1. The van der Waals surface area contributed by atoms with Crippen LogP contribution in [0.25, 0.3) is 0 Å². The molecule has 0 saturated heterocycles. The number of aliphatic hydroxyl groups excluding tert-OH is 2. The van der Waals surface area contributed by atoms with E-state index in [1.54, 1.807) is 0 Å². The summed E-state index contributed by atoms with van der Waals surface area (Å²) in [6, 6.07) is 0. The molecule has 0 spiro atoms. The summed E-state index contributed by atoms with van der Waals surface area (Å²) >= 11 is 0. The molecule has 0 radical (unpaired) electrons. The Morgan fingerprint density at radius 2 is 2.08 bits per heavy atom. The van der Waals surface area contributed by atoms with Crippen molar-refractivity contribution in [3.63, 3.8) is 0 Å². The average molecular weight is 178 g/mol. The van der Waals surface area contributed by atoms with Crippen LogP contribution in [0.5, 0.6) is 0 Å². The van der Waals surface area contributed by atoms with Crippen LogP contribution in [-0.2, 0) is 9.68 Å². The van der Waals surface area contributed by atoms with E-state index in [-0.39, 0.29) is 0 Å². The number of hydrogen-bond acceptors (Lipinski definition) is 5. The molecule has 0 aliphatic heterocycles. The molecular formula is C7H14O5. The van der Waals surface area contributed by atoms with Crippen LogP contribution in [0.3, 0.4) is 0 Å². The first-order valence-corrected chi connectivity index (χ1v) is 3.84. The first-order valence-electron chi connectivity index (χ1n) is 3.84. The summed E-state index contributed by atoms with van der Waals surface area (Å²) in [7, 11) is 0. The van der Waals surface area contributed by atoms with Crippen LogP contribution in [0, 0.1) is 0 Å². The van der Waals surface area contributed by atoms with Gasteiger partial charge in [-0.15, -0.1) is 0 Å². The van der Waals surface area contributed by atoms with E-state index in [9.17, 15) is 4.79 Å². The Morgan fingerprint density at radius 1 is 1.50 bits per heavy atom. The van der Waals surface area contributed by atoms with Gasteiger partial charge in [0.25, 0.3) is 0 Å². The Labute approximate surface area is 70.5 Å². The predicted molar refractivity (Wildman–Crippen MR) is 40.3 cm³/mol. The molecule has 12 heavy (non-hydrogen) atoms. The molecule has 0 bridgehead atoms. The van der Waals surface area contributed by atoms with Gasteiger partial charge in [0.05, 0.1) is 6.10 Å². The fourth-order valence-electron chi connectivity index (χ4n) is 0.782. The zero-order chi connectivity index (χ0) is 9.56. The van der Waals surface area contributed by atoms with Crippen LogP contribution in [-0.4, -0.2) is 33.6 Å². The van der Waals surface area contributed by atoms with Crippen LogP contribution in [0.4, 0.5) is 0 Å². The van der Waals surface area contributed by atoms with Crippen LogP contribution in [0.1, 0.15) is 26.2 Å². The van der Waals surface area contributed by atoms with Gasteiger partial charge in [0.1, 0.15) is 0 Å². The van der Waals surface area contributed by atoms with E-state index < -0.39 is 18.2 Å². The lowest BCUT2D eigenvalue weighted by atomic mass is 10.1. The summed E-state index contributed by atoms with van der Waals surface area (Å²) in [6.07, 6.45) is -0.937. The number of carbonyl (C=O) groups is 1. The van der Waals surface area contributed by atoms with E-state index in [2.05, 4.69) is 4.89 Å². The second-order valence-corrected chi connectivity index (χ2v) is 2.56. The third kappa shape index (κ3) is 3.66. The fourth-order valence-corrected chi connectivity index (χ4v) is 0.782. The molecule has 0 saturated carbocycles. The minimum absolute atomic E-state index is 0.312. The molecule has 5 nitrogen and oxygen atoms in total. The van der Waals surface area contributed by atoms with Gasteiger partial charge in [-0.3, -0.25) is 4.89 Å². The lowest BCUT2D eigenvalue weighted by Crippen LogP contribution is -2.34. The quantitative estimate of drug-likeness (QED) is 0.404. The summed E-state index contributed by atoms with van der Waals surface area (Å²) in [5, 5.41) is 25.9. The zero-order valence-corrected chi connectivity index (χ0v) is 6.93. The summed E-state index contributed by atoms with van der Waals surface area (Å²) < 4.78 is 0. The topological polar surface area (TPSA) is 87.0 Å². The molecule has 0 aromatic carbocycles. The van der Waals surface area contributed by atoms with Gasteiger partial charge in [0.2, 0.25) is 0 Å². The van der Waals surface area contributed by atoms with Gasteiger partial charge in [-0.05, 0) is 6.42 Å². The van der Waals surface area contributed by atoms with Crippen LogP contribution < -0.4 is 0 Å². The molecule has 0 aliphatic rings. The van der Waals surface area contributed by atoms with Crippen molar-refractivity contribution < 1.29 is 25.2 Å². The molecule has 5 heteroatoms. The Kier molecular flexibility index (Phi) is 5.61. The first-order chi connectivity index (χ1) is 5.63. The van der Waals surface area contributed by atoms with Crippen LogP contribution in [0.15, 0.2) is 0 Å². The van der Waals surface area contributed by atoms with Crippen molar-refractivity contribution in [3.05, 3.63) is 0 Å². The molecule has 72 valence electrons. The minimum atomic E-state index is -1.65. The second kappa shape index (κ2) is 5.93. The van der Waals surface area contributed by atoms with Crippen molar-refractivity contribution in [1.82, 2.24) is 0 Å². The highest BCUT2D eigenvalue weighted by atomic mass is 17.1. The SMILES string of the molecule is CCCCC(O)C(O)C(=O)OO. The van der Waals surface area contributed by atoms with E-state index >= 15 is 0 Å². The van der Waals surface area contributed by atoms with E-state index in [1.807, 2.05) is 6.92 Å². The van der Waals surface area contributed by atoms with Crippen molar-refractivity contribution in [2.24, 2.45) is 0 Å². The molecule has 0 aromatic rings. The Hall–Kier alpha value is -0.650. The Morgan fingerprint density at radius 3 is 2.50 bits per heavy atom. The molecule has 0 fully saturated rings.